The minimum atomic E-state index is -1.27. The molecule has 3 aliphatic carbocycles. The Balaban J connectivity index is 1.31. The van der Waals surface area contributed by atoms with Gasteiger partial charge in [-0.1, -0.05) is 12.1 Å². The zero-order valence-electron chi connectivity index (χ0n) is 19.4. The van der Waals surface area contributed by atoms with Crippen molar-refractivity contribution < 1.29 is 29.5 Å². The number of phenolic OH excluding ortho intramolecular Hbond substituents is 2. The second-order valence-corrected chi connectivity index (χ2v) is 11.3. The number of benzene rings is 2. The Labute approximate surface area is 203 Å². The second-order valence-electron chi connectivity index (χ2n) is 11.3. The van der Waals surface area contributed by atoms with Gasteiger partial charge in [-0.15, -0.1) is 0 Å². The lowest BCUT2D eigenvalue weighted by Crippen LogP contribution is -2.81. The minimum absolute atomic E-state index is 0.0102. The standard InChI is InChI=1S/C27H30N2O6/c30-18-3-1-2-17(12-18)25(32)28-19-8-9-27(33)21-13-16-6-7-20(31)23-22(16)26(27,24(19)35-23)10-11-29(21,34)14-15-4-5-15/h1-3,6-7,12,15,19,21,24,30-31,33H,4-5,8-11,13-14H2,(H,28,32)/t19-,21-,24+,26+,27-,29?/m1/s1. The molecule has 2 aliphatic heterocycles. The molecule has 35 heavy (non-hydrogen) atoms. The molecule has 7 rings (SSSR count). The molecule has 5 aliphatic rings. The predicted molar refractivity (Wildman–Crippen MR) is 126 cm³/mol. The fourth-order valence-electron chi connectivity index (χ4n) is 7.80. The monoisotopic (exact) mass is 478 g/mol. The van der Waals surface area contributed by atoms with Gasteiger partial charge in [-0.3, -0.25) is 4.79 Å². The Morgan fingerprint density at radius 3 is 2.77 bits per heavy atom. The summed E-state index contributed by atoms with van der Waals surface area (Å²) in [6.07, 6.45) is 3.32. The molecule has 2 bridgehead atoms. The van der Waals surface area contributed by atoms with Gasteiger partial charge < -0.3 is 35.2 Å². The molecule has 0 aromatic heterocycles. The van der Waals surface area contributed by atoms with Crippen molar-refractivity contribution in [3.63, 3.8) is 0 Å². The highest BCUT2D eigenvalue weighted by atomic mass is 16.6. The predicted octanol–water partition coefficient (Wildman–Crippen LogP) is 2.47. The number of carbonyl (C=O) groups excluding carboxylic acids is 1. The van der Waals surface area contributed by atoms with E-state index in [1.54, 1.807) is 18.2 Å². The molecule has 2 heterocycles. The number of piperidine rings is 1. The molecule has 6 atom stereocenters. The van der Waals surface area contributed by atoms with Crippen LogP contribution in [0.15, 0.2) is 36.4 Å². The zero-order chi connectivity index (χ0) is 24.2. The normalized spacial score (nSPS) is 38.4. The number of aliphatic hydroxyl groups is 1. The van der Waals surface area contributed by atoms with Crippen LogP contribution in [0.25, 0.3) is 0 Å². The van der Waals surface area contributed by atoms with E-state index in [0.717, 1.165) is 24.0 Å². The van der Waals surface area contributed by atoms with Crippen molar-refractivity contribution in [1.82, 2.24) is 5.32 Å². The van der Waals surface area contributed by atoms with Crippen molar-refractivity contribution >= 4 is 5.91 Å². The van der Waals surface area contributed by atoms with Crippen LogP contribution >= 0.6 is 0 Å². The van der Waals surface area contributed by atoms with Gasteiger partial charge in [0.15, 0.2) is 11.5 Å². The van der Waals surface area contributed by atoms with E-state index in [4.69, 9.17) is 4.74 Å². The van der Waals surface area contributed by atoms with E-state index in [1.165, 1.54) is 12.1 Å². The lowest BCUT2D eigenvalue weighted by Gasteiger charge is -2.68. The first kappa shape index (κ1) is 21.5. The second kappa shape index (κ2) is 6.90. The van der Waals surface area contributed by atoms with Gasteiger partial charge in [-0.05, 0) is 55.5 Å². The first-order valence-corrected chi connectivity index (χ1v) is 12.7. The number of aromatic hydroxyl groups is 2. The Bertz CT molecular complexity index is 1250. The molecule has 8 nitrogen and oxygen atoms in total. The summed E-state index contributed by atoms with van der Waals surface area (Å²) < 4.78 is 6.06. The van der Waals surface area contributed by atoms with E-state index >= 15 is 0 Å². The first-order valence-electron chi connectivity index (χ1n) is 12.7. The third-order valence-corrected chi connectivity index (χ3v) is 9.48. The molecule has 8 heteroatoms. The van der Waals surface area contributed by atoms with Crippen LogP contribution in [-0.2, 0) is 11.8 Å². The molecule has 4 N–H and O–H groups in total. The largest absolute Gasteiger partial charge is 0.632 e. The van der Waals surface area contributed by atoms with Crippen LogP contribution in [0.4, 0.5) is 0 Å². The number of phenols is 2. The van der Waals surface area contributed by atoms with Crippen molar-refractivity contribution in [2.45, 2.75) is 67.7 Å². The van der Waals surface area contributed by atoms with E-state index in [1.807, 2.05) is 6.07 Å². The summed E-state index contributed by atoms with van der Waals surface area (Å²) in [6, 6.07) is 8.76. The summed E-state index contributed by atoms with van der Waals surface area (Å²) in [6.45, 7) is 0.942. The molecular formula is C27H30N2O6. The van der Waals surface area contributed by atoms with Gasteiger partial charge in [0.05, 0.1) is 24.5 Å². The van der Waals surface area contributed by atoms with Crippen molar-refractivity contribution in [3.05, 3.63) is 58.3 Å². The van der Waals surface area contributed by atoms with E-state index < -0.39 is 29.2 Å². The number of carbonyl (C=O) groups is 1. The van der Waals surface area contributed by atoms with Crippen molar-refractivity contribution in [2.24, 2.45) is 5.92 Å². The molecular weight excluding hydrogens is 448 g/mol. The molecule has 1 spiro atoms. The number of amides is 1. The highest BCUT2D eigenvalue weighted by Gasteiger charge is 2.76. The maximum Gasteiger partial charge on any atom is 0.251 e. The van der Waals surface area contributed by atoms with Crippen LogP contribution in [0.2, 0.25) is 0 Å². The molecule has 3 fully saturated rings. The van der Waals surface area contributed by atoms with E-state index in [-0.39, 0.29) is 22.1 Å². The number of hydrogen-bond donors (Lipinski definition) is 4. The maximum atomic E-state index is 14.2. The fraction of sp³-hybridized carbons (Fsp3) is 0.519. The third kappa shape index (κ3) is 2.76. The lowest BCUT2D eigenvalue weighted by molar-refractivity contribution is -0.924. The summed E-state index contributed by atoms with van der Waals surface area (Å²) in [5.74, 6) is 0.530. The summed E-state index contributed by atoms with van der Waals surface area (Å²) >= 11 is 0. The van der Waals surface area contributed by atoms with Gasteiger partial charge >= 0.3 is 0 Å². The Hall–Kier alpha value is -2.81. The van der Waals surface area contributed by atoms with Crippen molar-refractivity contribution in [2.75, 3.05) is 13.1 Å². The first-order chi connectivity index (χ1) is 16.7. The molecule has 1 saturated heterocycles. The van der Waals surface area contributed by atoms with Crippen LogP contribution < -0.4 is 10.1 Å². The number of quaternary nitrogens is 1. The third-order valence-electron chi connectivity index (χ3n) is 9.48. The molecule has 2 aromatic rings. The smallest absolute Gasteiger partial charge is 0.251 e. The number of hydroxylamine groups is 3. The molecule has 2 aromatic carbocycles. The van der Waals surface area contributed by atoms with Gasteiger partial charge in [-0.25, -0.2) is 0 Å². The summed E-state index contributed by atoms with van der Waals surface area (Å²) in [7, 11) is 0. The summed E-state index contributed by atoms with van der Waals surface area (Å²) in [5.41, 5.74) is 0.000709. The topological polar surface area (TPSA) is 122 Å². The van der Waals surface area contributed by atoms with Crippen molar-refractivity contribution in [3.8, 4) is 17.2 Å². The average molecular weight is 479 g/mol. The molecule has 184 valence electrons. The Morgan fingerprint density at radius 1 is 1.17 bits per heavy atom. The number of likely N-dealkylation sites (tertiary alicyclic amines) is 1. The Morgan fingerprint density at radius 2 is 2.00 bits per heavy atom. The highest BCUT2D eigenvalue weighted by Crippen LogP contribution is 2.66. The minimum Gasteiger partial charge on any atom is -0.632 e. The molecule has 0 radical (unpaired) electrons. The van der Waals surface area contributed by atoms with Crippen LogP contribution in [-0.4, -0.2) is 62.8 Å². The van der Waals surface area contributed by atoms with Crippen molar-refractivity contribution in [1.29, 1.82) is 0 Å². The van der Waals surface area contributed by atoms with Gasteiger partial charge in [0.2, 0.25) is 0 Å². The maximum absolute atomic E-state index is 14.2. The molecule has 2 saturated carbocycles. The van der Waals surface area contributed by atoms with Gasteiger partial charge in [0.25, 0.3) is 5.91 Å². The SMILES string of the molecule is O=C(N[C@@H]1CC[C@@]2(O)[C@H]3Cc4ccc(O)c5c4[C@@]2(CC[N+]3([O-])CC2CC2)[C@H]1O5)c1cccc(O)c1. The zero-order valence-corrected chi connectivity index (χ0v) is 19.4. The summed E-state index contributed by atoms with van der Waals surface area (Å²) in [5, 5.41) is 50.3. The van der Waals surface area contributed by atoms with Crippen LogP contribution in [0.5, 0.6) is 17.2 Å². The number of nitrogens with one attached hydrogen (secondary N) is 1. The quantitative estimate of drug-likeness (QED) is 0.396. The Kier molecular flexibility index (Phi) is 4.23. The summed E-state index contributed by atoms with van der Waals surface area (Å²) in [4.78, 5) is 13.1. The van der Waals surface area contributed by atoms with Crippen LogP contribution in [0, 0.1) is 11.1 Å². The number of rotatable bonds is 4. The molecule has 1 unspecified atom stereocenters. The van der Waals surface area contributed by atoms with Crippen LogP contribution in [0.3, 0.4) is 0 Å². The number of hydrogen-bond acceptors (Lipinski definition) is 6. The fourth-order valence-corrected chi connectivity index (χ4v) is 7.80. The average Bonchev–Trinajstić information content (AvgIpc) is 3.55. The van der Waals surface area contributed by atoms with Gasteiger partial charge in [0, 0.05) is 29.9 Å². The lowest BCUT2D eigenvalue weighted by atomic mass is 9.48. The van der Waals surface area contributed by atoms with Gasteiger partial charge in [0.1, 0.15) is 23.5 Å². The van der Waals surface area contributed by atoms with E-state index in [0.29, 0.717) is 56.0 Å². The van der Waals surface area contributed by atoms with Crippen LogP contribution in [0.1, 0.15) is 53.6 Å². The number of nitrogens with zero attached hydrogens (tertiary/aromatic N) is 1. The van der Waals surface area contributed by atoms with E-state index in [2.05, 4.69) is 5.32 Å². The number of ether oxygens (including phenoxy) is 1. The highest BCUT2D eigenvalue weighted by molar-refractivity contribution is 5.94. The molecule has 1 amide bonds. The van der Waals surface area contributed by atoms with Gasteiger partial charge in [-0.2, -0.15) is 0 Å². The van der Waals surface area contributed by atoms with E-state index in [9.17, 15) is 25.3 Å².